The summed E-state index contributed by atoms with van der Waals surface area (Å²) >= 11 is 0. The van der Waals surface area contributed by atoms with Crippen molar-refractivity contribution in [3.8, 4) is 5.75 Å². The molecule has 1 atom stereocenters. The largest absolute Gasteiger partial charge is 0.490 e. The van der Waals surface area contributed by atoms with Crippen LogP contribution in [0.4, 0.5) is 5.69 Å². The maximum absolute atomic E-state index is 11.5. The molecule has 0 bridgehead atoms. The van der Waals surface area contributed by atoms with Gasteiger partial charge in [-0.15, -0.1) is 0 Å². The molecule has 5 nitrogen and oxygen atoms in total. The molecule has 0 radical (unpaired) electrons. The highest BCUT2D eigenvalue weighted by Crippen LogP contribution is 2.25. The van der Waals surface area contributed by atoms with Gasteiger partial charge in [-0.05, 0) is 45.6 Å². The monoisotopic (exact) mass is 266 g/mol. The number of rotatable bonds is 6. The Morgan fingerprint density at radius 3 is 2.74 bits per heavy atom. The van der Waals surface area contributed by atoms with Crippen LogP contribution in [-0.4, -0.2) is 49.3 Å². The van der Waals surface area contributed by atoms with Gasteiger partial charge in [-0.25, -0.2) is 0 Å². The molecule has 1 amide bonds. The molecule has 0 aromatic heterocycles. The van der Waals surface area contributed by atoms with E-state index >= 15 is 0 Å². The van der Waals surface area contributed by atoms with Crippen molar-refractivity contribution in [3.63, 3.8) is 0 Å². The van der Waals surface area contributed by atoms with Crippen LogP contribution < -0.4 is 10.1 Å². The molecule has 0 fully saturated rings. The van der Waals surface area contributed by atoms with Crippen LogP contribution in [0.1, 0.15) is 12.5 Å². The summed E-state index contributed by atoms with van der Waals surface area (Å²) in [6.07, 6.45) is -1.05. The lowest BCUT2D eigenvalue weighted by Crippen LogP contribution is -2.25. The molecule has 0 heterocycles. The number of likely N-dealkylation sites (N-methyl/N-ethyl adjacent to an activating group) is 1. The van der Waals surface area contributed by atoms with Crippen molar-refractivity contribution in [2.75, 3.05) is 32.6 Å². The number of amides is 1. The molecule has 0 aliphatic carbocycles. The molecular weight excluding hydrogens is 244 g/mol. The molecule has 0 saturated carbocycles. The van der Waals surface area contributed by atoms with E-state index in [4.69, 9.17) is 4.74 Å². The third-order valence-electron chi connectivity index (χ3n) is 2.57. The minimum absolute atomic E-state index is 0.443. The SMILES string of the molecule is Cc1ccc(NC(=O)C(C)O)c(OCCN(C)C)c1. The van der Waals surface area contributed by atoms with Crippen molar-refractivity contribution in [1.82, 2.24) is 4.90 Å². The Bertz CT molecular complexity index is 431. The fourth-order valence-electron chi connectivity index (χ4n) is 1.43. The summed E-state index contributed by atoms with van der Waals surface area (Å²) in [5.74, 6) is 0.178. The number of carbonyl (C=O) groups excluding carboxylic acids is 1. The van der Waals surface area contributed by atoms with Gasteiger partial charge >= 0.3 is 0 Å². The first-order chi connectivity index (χ1) is 8.90. The van der Waals surface area contributed by atoms with Gasteiger partial charge in [0.2, 0.25) is 0 Å². The Morgan fingerprint density at radius 1 is 1.47 bits per heavy atom. The summed E-state index contributed by atoms with van der Waals surface area (Å²) in [5, 5.41) is 11.9. The fourth-order valence-corrected chi connectivity index (χ4v) is 1.43. The summed E-state index contributed by atoms with van der Waals surface area (Å²) in [5.41, 5.74) is 1.63. The molecule has 1 aromatic carbocycles. The maximum atomic E-state index is 11.5. The van der Waals surface area contributed by atoms with Crippen LogP contribution in [0.2, 0.25) is 0 Å². The van der Waals surface area contributed by atoms with E-state index in [1.165, 1.54) is 6.92 Å². The number of aliphatic hydroxyl groups excluding tert-OH is 1. The number of carbonyl (C=O) groups is 1. The molecule has 106 valence electrons. The lowest BCUT2D eigenvalue weighted by molar-refractivity contribution is -0.123. The van der Waals surface area contributed by atoms with Gasteiger partial charge in [-0.1, -0.05) is 6.07 Å². The highest BCUT2D eigenvalue weighted by Gasteiger charge is 2.12. The van der Waals surface area contributed by atoms with E-state index in [2.05, 4.69) is 5.32 Å². The number of benzene rings is 1. The minimum Gasteiger partial charge on any atom is -0.490 e. The van der Waals surface area contributed by atoms with E-state index in [0.29, 0.717) is 18.0 Å². The Morgan fingerprint density at radius 2 is 2.16 bits per heavy atom. The fraction of sp³-hybridized carbons (Fsp3) is 0.500. The van der Waals surface area contributed by atoms with Crippen molar-refractivity contribution >= 4 is 11.6 Å². The van der Waals surface area contributed by atoms with Gasteiger partial charge in [0, 0.05) is 6.54 Å². The predicted octanol–water partition coefficient (Wildman–Crippen LogP) is 1.25. The summed E-state index contributed by atoms with van der Waals surface area (Å²) in [6, 6.07) is 5.53. The number of nitrogens with zero attached hydrogens (tertiary/aromatic N) is 1. The van der Waals surface area contributed by atoms with Gasteiger partial charge in [-0.3, -0.25) is 4.79 Å². The Labute approximate surface area is 114 Å². The van der Waals surface area contributed by atoms with Gasteiger partial charge in [0.1, 0.15) is 18.5 Å². The summed E-state index contributed by atoms with van der Waals surface area (Å²) in [6.45, 7) is 4.71. The van der Waals surface area contributed by atoms with Crippen molar-refractivity contribution in [3.05, 3.63) is 23.8 Å². The van der Waals surface area contributed by atoms with E-state index in [9.17, 15) is 9.90 Å². The molecule has 0 spiro atoms. The first-order valence-corrected chi connectivity index (χ1v) is 6.27. The topological polar surface area (TPSA) is 61.8 Å². The summed E-state index contributed by atoms with van der Waals surface area (Å²) in [7, 11) is 3.94. The van der Waals surface area contributed by atoms with E-state index in [0.717, 1.165) is 12.1 Å². The van der Waals surface area contributed by atoms with Crippen LogP contribution in [0, 0.1) is 6.92 Å². The maximum Gasteiger partial charge on any atom is 0.253 e. The normalized spacial score (nSPS) is 12.3. The summed E-state index contributed by atoms with van der Waals surface area (Å²) in [4.78, 5) is 13.5. The summed E-state index contributed by atoms with van der Waals surface area (Å²) < 4.78 is 5.67. The van der Waals surface area contributed by atoms with Crippen LogP contribution in [0.3, 0.4) is 0 Å². The lowest BCUT2D eigenvalue weighted by atomic mass is 10.2. The van der Waals surface area contributed by atoms with E-state index in [-0.39, 0.29) is 0 Å². The highest BCUT2D eigenvalue weighted by atomic mass is 16.5. The van der Waals surface area contributed by atoms with E-state index in [1.807, 2.05) is 38.1 Å². The second-order valence-corrected chi connectivity index (χ2v) is 4.82. The number of aryl methyl sites for hydroxylation is 1. The van der Waals surface area contributed by atoms with Crippen LogP contribution in [0.5, 0.6) is 5.75 Å². The second kappa shape index (κ2) is 7.11. The third-order valence-corrected chi connectivity index (χ3v) is 2.57. The molecule has 19 heavy (non-hydrogen) atoms. The first-order valence-electron chi connectivity index (χ1n) is 6.27. The Balaban J connectivity index is 2.76. The molecule has 1 aromatic rings. The number of hydrogen-bond acceptors (Lipinski definition) is 4. The second-order valence-electron chi connectivity index (χ2n) is 4.82. The zero-order valence-electron chi connectivity index (χ0n) is 11.9. The van der Waals surface area contributed by atoms with Gasteiger partial charge in [-0.2, -0.15) is 0 Å². The smallest absolute Gasteiger partial charge is 0.253 e. The molecule has 5 heteroatoms. The standard InChI is InChI=1S/C14H22N2O3/c1-10-5-6-12(15-14(18)11(2)17)13(9-10)19-8-7-16(3)4/h5-6,9,11,17H,7-8H2,1-4H3,(H,15,18). The van der Waals surface area contributed by atoms with Gasteiger partial charge < -0.3 is 20.1 Å². The molecular formula is C14H22N2O3. The van der Waals surface area contributed by atoms with Gasteiger partial charge in [0.15, 0.2) is 0 Å². The van der Waals surface area contributed by atoms with Crippen molar-refractivity contribution in [1.29, 1.82) is 0 Å². The highest BCUT2D eigenvalue weighted by molar-refractivity contribution is 5.95. The van der Waals surface area contributed by atoms with Crippen molar-refractivity contribution < 1.29 is 14.6 Å². The number of nitrogens with one attached hydrogen (secondary N) is 1. The lowest BCUT2D eigenvalue weighted by Gasteiger charge is -2.15. The Kier molecular flexibility index (Phi) is 5.79. The average Bonchev–Trinajstić information content (AvgIpc) is 2.31. The molecule has 0 saturated heterocycles. The number of ether oxygens (including phenoxy) is 1. The molecule has 1 unspecified atom stereocenters. The van der Waals surface area contributed by atoms with Gasteiger partial charge in [0.05, 0.1) is 5.69 Å². The van der Waals surface area contributed by atoms with Crippen LogP contribution in [-0.2, 0) is 4.79 Å². The molecule has 0 aliphatic heterocycles. The first kappa shape index (κ1) is 15.5. The van der Waals surface area contributed by atoms with Gasteiger partial charge in [0.25, 0.3) is 5.91 Å². The minimum atomic E-state index is -1.05. The van der Waals surface area contributed by atoms with E-state index < -0.39 is 12.0 Å². The predicted molar refractivity (Wildman–Crippen MR) is 75.5 cm³/mol. The quantitative estimate of drug-likeness (QED) is 0.813. The Hall–Kier alpha value is -1.59. The molecule has 0 aliphatic rings. The zero-order valence-corrected chi connectivity index (χ0v) is 11.9. The molecule has 1 rings (SSSR count). The van der Waals surface area contributed by atoms with Crippen LogP contribution >= 0.6 is 0 Å². The van der Waals surface area contributed by atoms with Crippen molar-refractivity contribution in [2.24, 2.45) is 0 Å². The van der Waals surface area contributed by atoms with Crippen LogP contribution in [0.15, 0.2) is 18.2 Å². The van der Waals surface area contributed by atoms with Crippen LogP contribution in [0.25, 0.3) is 0 Å². The van der Waals surface area contributed by atoms with E-state index in [1.54, 1.807) is 6.07 Å². The number of anilines is 1. The third kappa shape index (κ3) is 5.28. The molecule has 2 N–H and O–H groups in total. The van der Waals surface area contributed by atoms with Crippen molar-refractivity contribution in [2.45, 2.75) is 20.0 Å². The average molecular weight is 266 g/mol. The number of aliphatic hydroxyl groups is 1. The number of hydrogen-bond donors (Lipinski definition) is 2. The zero-order chi connectivity index (χ0) is 14.4.